The van der Waals surface area contributed by atoms with Gasteiger partial charge in [0.25, 0.3) is 0 Å². The molecule has 0 radical (unpaired) electrons. The Kier molecular flexibility index (Phi) is 11.4. The van der Waals surface area contributed by atoms with E-state index in [4.69, 9.17) is 15.2 Å². The molecule has 0 saturated carbocycles. The number of rotatable bonds is 16. The zero-order chi connectivity index (χ0) is 28.6. The fraction of sp³-hybridized carbons (Fsp3) is 0.733. The molecule has 0 unspecified atom stereocenters. The van der Waals surface area contributed by atoms with Gasteiger partial charge in [-0.2, -0.15) is 0 Å². The summed E-state index contributed by atoms with van der Waals surface area (Å²) in [5, 5.41) is 20.5. The van der Waals surface area contributed by atoms with Gasteiger partial charge in [0.15, 0.2) is 11.5 Å². The molecular formula is C30H49N3O6. The summed E-state index contributed by atoms with van der Waals surface area (Å²) in [6, 6.07) is 3.40. The number of ether oxygens (including phenoxy) is 2. The second-order valence-corrected chi connectivity index (χ2v) is 11.9. The third-order valence-electron chi connectivity index (χ3n) is 8.25. The Balaban J connectivity index is 1.94. The number of hydrogen-bond acceptors (Lipinski definition) is 7. The Bertz CT molecular complexity index is 968. The number of hydrogen-bond donors (Lipinski definition) is 3. The van der Waals surface area contributed by atoms with Crippen LogP contribution < -0.4 is 15.2 Å². The van der Waals surface area contributed by atoms with Crippen LogP contribution >= 0.6 is 0 Å². The first-order chi connectivity index (χ1) is 18.6. The summed E-state index contributed by atoms with van der Waals surface area (Å²) >= 11 is 0. The van der Waals surface area contributed by atoms with Gasteiger partial charge < -0.3 is 30.3 Å². The monoisotopic (exact) mass is 547 g/mol. The number of benzene rings is 1. The van der Waals surface area contributed by atoms with Crippen LogP contribution in [0.25, 0.3) is 0 Å². The summed E-state index contributed by atoms with van der Waals surface area (Å²) in [6.45, 7) is 11.1. The van der Waals surface area contributed by atoms with Crippen LogP contribution in [0.2, 0.25) is 0 Å². The van der Waals surface area contributed by atoms with Crippen molar-refractivity contribution in [1.82, 2.24) is 9.80 Å². The van der Waals surface area contributed by atoms with Crippen molar-refractivity contribution in [3.63, 3.8) is 0 Å². The number of aliphatic hydroxyl groups excluding tert-OH is 1. The Hall–Kier alpha value is -2.36. The summed E-state index contributed by atoms with van der Waals surface area (Å²) in [7, 11) is 0. The average Bonchev–Trinajstić information content (AvgIpc) is 3.50. The largest absolute Gasteiger partial charge is 0.481 e. The van der Waals surface area contributed by atoms with E-state index in [1.807, 2.05) is 17.0 Å². The summed E-state index contributed by atoms with van der Waals surface area (Å²) in [5.41, 5.74) is 7.01. The van der Waals surface area contributed by atoms with E-state index < -0.39 is 11.9 Å². The number of fused-ring (bicyclic) bond motifs is 1. The highest BCUT2D eigenvalue weighted by molar-refractivity contribution is 5.79. The highest BCUT2D eigenvalue weighted by Gasteiger charge is 2.49. The Labute approximate surface area is 233 Å². The lowest BCUT2D eigenvalue weighted by atomic mass is 9.76. The average molecular weight is 548 g/mol. The van der Waals surface area contributed by atoms with Gasteiger partial charge in [-0.25, -0.2) is 0 Å². The number of nitrogens with zero attached hydrogens (tertiary/aromatic N) is 2. The van der Waals surface area contributed by atoms with Gasteiger partial charge in [0, 0.05) is 37.2 Å². The second-order valence-electron chi connectivity index (χ2n) is 11.9. The van der Waals surface area contributed by atoms with E-state index in [9.17, 15) is 19.8 Å². The predicted molar refractivity (Wildman–Crippen MR) is 151 cm³/mol. The first-order valence-corrected chi connectivity index (χ1v) is 14.6. The number of unbranched alkanes of at least 4 members (excludes halogenated alkanes) is 2. The van der Waals surface area contributed by atoms with Crippen molar-refractivity contribution < 1.29 is 29.3 Å². The Morgan fingerprint density at radius 1 is 1.13 bits per heavy atom. The van der Waals surface area contributed by atoms with E-state index in [-0.39, 0.29) is 43.2 Å². The summed E-state index contributed by atoms with van der Waals surface area (Å²) in [6.07, 6.45) is 6.33. The van der Waals surface area contributed by atoms with E-state index in [0.717, 1.165) is 44.1 Å². The molecule has 39 heavy (non-hydrogen) atoms. The third-order valence-corrected chi connectivity index (χ3v) is 8.25. The molecule has 0 spiro atoms. The van der Waals surface area contributed by atoms with Gasteiger partial charge >= 0.3 is 5.97 Å². The number of aliphatic hydroxyl groups is 1. The fourth-order valence-corrected chi connectivity index (χ4v) is 6.30. The maximum absolute atomic E-state index is 13.6. The number of amides is 1. The molecule has 0 bridgehead atoms. The molecule has 2 heterocycles. The van der Waals surface area contributed by atoms with E-state index in [1.54, 1.807) is 0 Å². The minimum absolute atomic E-state index is 0.0466. The lowest BCUT2D eigenvalue weighted by Crippen LogP contribution is -2.46. The molecule has 3 rings (SSSR count). The summed E-state index contributed by atoms with van der Waals surface area (Å²) in [5.74, 6) is -0.806. The molecule has 9 nitrogen and oxygen atoms in total. The van der Waals surface area contributed by atoms with Gasteiger partial charge in [-0.1, -0.05) is 40.5 Å². The molecule has 0 aliphatic carbocycles. The van der Waals surface area contributed by atoms with Crippen molar-refractivity contribution >= 4 is 11.9 Å². The third kappa shape index (κ3) is 7.86. The van der Waals surface area contributed by atoms with Gasteiger partial charge in [0.05, 0.1) is 19.1 Å². The van der Waals surface area contributed by atoms with Crippen LogP contribution in [0.15, 0.2) is 12.1 Å². The van der Waals surface area contributed by atoms with Crippen molar-refractivity contribution in [3.8, 4) is 11.5 Å². The minimum atomic E-state index is -0.860. The van der Waals surface area contributed by atoms with E-state index in [2.05, 4.69) is 32.6 Å². The minimum Gasteiger partial charge on any atom is -0.481 e. The van der Waals surface area contributed by atoms with E-state index >= 15 is 0 Å². The quantitative estimate of drug-likeness (QED) is 0.266. The van der Waals surface area contributed by atoms with E-state index in [0.29, 0.717) is 49.7 Å². The van der Waals surface area contributed by atoms with Crippen LogP contribution in [0.3, 0.4) is 0 Å². The summed E-state index contributed by atoms with van der Waals surface area (Å²) < 4.78 is 11.2. The first-order valence-electron chi connectivity index (χ1n) is 14.6. The predicted octanol–water partition coefficient (Wildman–Crippen LogP) is 3.96. The van der Waals surface area contributed by atoms with Gasteiger partial charge in [-0.3, -0.25) is 14.5 Å². The standard InChI is InChI=1S/C30H49N3O6/c1-5-7-12-32(13-9-8-11-31)26(35)18-33-17-23(21-14-22(19-34)28-25(15-21)38-20-39-28)27(29(36)37)24(33)16-30(3,4)10-6-2/h14-15,23-24,27,34H,5-13,16-20,31H2,1-4H3,(H,36,37)/t23-,24+,27-/m1/s1. The lowest BCUT2D eigenvalue weighted by Gasteiger charge is -2.35. The van der Waals surface area contributed by atoms with Crippen LogP contribution in [0, 0.1) is 11.3 Å². The molecule has 0 aromatic heterocycles. The number of nitrogens with two attached hydrogens (primary N) is 1. The van der Waals surface area contributed by atoms with Crippen LogP contribution in [-0.2, 0) is 16.2 Å². The topological polar surface area (TPSA) is 126 Å². The smallest absolute Gasteiger partial charge is 0.308 e. The summed E-state index contributed by atoms with van der Waals surface area (Å²) in [4.78, 5) is 30.6. The highest BCUT2D eigenvalue weighted by atomic mass is 16.7. The maximum atomic E-state index is 13.6. The SMILES string of the molecule is CCCCN(CCCCN)C(=O)CN1C[C@H](c2cc(CO)c3c(c2)OCO3)[C@@H](C(=O)O)[C@@H]1CC(C)(C)CCC. The number of carboxylic acids is 1. The number of carbonyl (C=O) groups is 2. The zero-order valence-corrected chi connectivity index (χ0v) is 24.3. The van der Waals surface area contributed by atoms with Crippen LogP contribution in [0.1, 0.15) is 89.7 Å². The Morgan fingerprint density at radius 2 is 1.87 bits per heavy atom. The number of aliphatic carboxylic acids is 1. The van der Waals surface area contributed by atoms with Crippen LogP contribution in [0.4, 0.5) is 0 Å². The molecule has 1 aromatic rings. The molecule has 1 aromatic carbocycles. The first kappa shape index (κ1) is 31.2. The highest BCUT2D eigenvalue weighted by Crippen LogP contribution is 2.46. The molecule has 1 saturated heterocycles. The molecule has 9 heteroatoms. The number of likely N-dealkylation sites (tertiary alicyclic amines) is 1. The van der Waals surface area contributed by atoms with Gasteiger partial charge in [-0.05, 0) is 61.8 Å². The number of carboxylic acid groups (broad SMARTS) is 1. The van der Waals surface area contributed by atoms with Crippen molar-refractivity contribution in [2.75, 3.05) is 39.5 Å². The molecule has 220 valence electrons. The van der Waals surface area contributed by atoms with Crippen LogP contribution in [-0.4, -0.2) is 77.4 Å². The van der Waals surface area contributed by atoms with Crippen molar-refractivity contribution in [2.24, 2.45) is 17.1 Å². The molecular weight excluding hydrogens is 498 g/mol. The van der Waals surface area contributed by atoms with Crippen molar-refractivity contribution in [1.29, 1.82) is 0 Å². The Morgan fingerprint density at radius 3 is 2.51 bits per heavy atom. The molecule has 2 aliphatic heterocycles. The normalized spacial score (nSPS) is 20.9. The lowest BCUT2D eigenvalue weighted by molar-refractivity contribution is -0.144. The molecule has 2 aliphatic rings. The second kappa shape index (κ2) is 14.3. The van der Waals surface area contributed by atoms with Crippen molar-refractivity contribution in [2.45, 2.75) is 91.2 Å². The fourth-order valence-electron chi connectivity index (χ4n) is 6.30. The molecule has 1 amide bonds. The maximum Gasteiger partial charge on any atom is 0.308 e. The van der Waals surface area contributed by atoms with E-state index in [1.165, 1.54) is 0 Å². The van der Waals surface area contributed by atoms with Crippen molar-refractivity contribution in [3.05, 3.63) is 23.3 Å². The molecule has 1 fully saturated rings. The van der Waals surface area contributed by atoms with Gasteiger partial charge in [0.1, 0.15) is 0 Å². The van der Waals surface area contributed by atoms with Crippen LogP contribution in [0.5, 0.6) is 11.5 Å². The van der Waals surface area contributed by atoms with Gasteiger partial charge in [0.2, 0.25) is 12.7 Å². The zero-order valence-electron chi connectivity index (χ0n) is 24.3. The molecule has 3 atom stereocenters. The van der Waals surface area contributed by atoms with Gasteiger partial charge in [-0.15, -0.1) is 0 Å². The number of carbonyl (C=O) groups excluding carboxylic acids is 1. The molecule has 4 N–H and O–H groups in total.